The second-order valence-electron chi connectivity index (χ2n) is 5.31. The van der Waals surface area contributed by atoms with Crippen LogP contribution in [0.2, 0.25) is 0 Å². The summed E-state index contributed by atoms with van der Waals surface area (Å²) in [5.41, 5.74) is -0.0501. The molecule has 120 valence electrons. The lowest BCUT2D eigenvalue weighted by molar-refractivity contribution is -0.384. The van der Waals surface area contributed by atoms with Crippen molar-refractivity contribution in [3.8, 4) is 0 Å². The molecule has 1 fully saturated rings. The van der Waals surface area contributed by atoms with Gasteiger partial charge >= 0.3 is 6.09 Å². The number of nitrogens with zero attached hydrogens (tertiary/aromatic N) is 3. The molecule has 1 aliphatic heterocycles. The predicted octanol–water partition coefficient (Wildman–Crippen LogP) is 3.07. The van der Waals surface area contributed by atoms with E-state index in [-0.39, 0.29) is 41.0 Å². The Hall–Kier alpha value is -1.90. The fourth-order valence-electron chi connectivity index (χ4n) is 2.82. The van der Waals surface area contributed by atoms with Gasteiger partial charge in [-0.2, -0.15) is 0 Å². The normalized spacial score (nSPS) is 21.8. The second kappa shape index (κ2) is 6.07. The topological polar surface area (TPSA) is 86.9 Å². The van der Waals surface area contributed by atoms with Crippen LogP contribution in [-0.4, -0.2) is 46.2 Å². The van der Waals surface area contributed by atoms with E-state index in [1.165, 1.54) is 4.90 Å². The van der Waals surface area contributed by atoms with Gasteiger partial charge in [0.15, 0.2) is 0 Å². The molecule has 1 aliphatic rings. The van der Waals surface area contributed by atoms with E-state index in [1.54, 1.807) is 18.7 Å². The van der Waals surface area contributed by atoms with Crippen LogP contribution in [0, 0.1) is 15.9 Å². The average molecular weight is 376 g/mol. The molecule has 0 spiro atoms. The number of benzene rings is 1. The van der Waals surface area contributed by atoms with Crippen molar-refractivity contribution in [2.45, 2.75) is 25.9 Å². The summed E-state index contributed by atoms with van der Waals surface area (Å²) in [6.45, 7) is 3.97. The third-order valence-corrected chi connectivity index (χ3v) is 4.30. The summed E-state index contributed by atoms with van der Waals surface area (Å²) in [5.74, 6) is -0.596. The number of nitro groups is 1. The van der Waals surface area contributed by atoms with Crippen LogP contribution < -0.4 is 4.90 Å². The highest BCUT2D eigenvalue weighted by atomic mass is 79.9. The molecule has 9 heteroatoms. The van der Waals surface area contributed by atoms with E-state index in [9.17, 15) is 24.4 Å². The highest BCUT2D eigenvalue weighted by molar-refractivity contribution is 9.10. The monoisotopic (exact) mass is 375 g/mol. The lowest BCUT2D eigenvalue weighted by Crippen LogP contribution is -2.58. The molecule has 1 aromatic carbocycles. The number of amides is 1. The number of anilines is 1. The zero-order valence-electron chi connectivity index (χ0n) is 12.0. The van der Waals surface area contributed by atoms with Crippen molar-refractivity contribution in [2.24, 2.45) is 0 Å². The molecule has 0 radical (unpaired) electrons. The Labute approximate surface area is 134 Å². The van der Waals surface area contributed by atoms with Gasteiger partial charge in [0.05, 0.1) is 21.5 Å². The number of hydrogen-bond donors (Lipinski definition) is 1. The number of piperazine rings is 1. The van der Waals surface area contributed by atoms with Gasteiger partial charge in [-0.1, -0.05) is 0 Å². The molecular weight excluding hydrogens is 361 g/mol. The third kappa shape index (κ3) is 2.99. The van der Waals surface area contributed by atoms with Gasteiger partial charge < -0.3 is 10.0 Å². The van der Waals surface area contributed by atoms with Crippen molar-refractivity contribution in [3.05, 3.63) is 32.5 Å². The lowest BCUT2D eigenvalue weighted by atomic mass is 10.1. The minimum Gasteiger partial charge on any atom is -0.465 e. The van der Waals surface area contributed by atoms with Crippen LogP contribution in [-0.2, 0) is 0 Å². The maximum Gasteiger partial charge on any atom is 0.407 e. The Morgan fingerprint density at radius 2 is 1.95 bits per heavy atom. The summed E-state index contributed by atoms with van der Waals surface area (Å²) < 4.78 is 13.8. The first-order valence-corrected chi connectivity index (χ1v) is 7.41. The summed E-state index contributed by atoms with van der Waals surface area (Å²) in [5, 5.41) is 20.4. The molecular formula is C13H15BrFN3O4. The molecule has 1 aromatic rings. The number of rotatable bonds is 2. The summed E-state index contributed by atoms with van der Waals surface area (Å²) in [6, 6.07) is 1.53. The van der Waals surface area contributed by atoms with Crippen LogP contribution in [0.1, 0.15) is 13.8 Å². The Kier molecular flexibility index (Phi) is 4.55. The molecule has 0 aliphatic carbocycles. The van der Waals surface area contributed by atoms with Gasteiger partial charge in [-0.05, 0) is 29.8 Å². The van der Waals surface area contributed by atoms with Crippen molar-refractivity contribution < 1.29 is 19.2 Å². The van der Waals surface area contributed by atoms with Crippen molar-refractivity contribution >= 4 is 33.4 Å². The molecule has 2 rings (SSSR count). The zero-order chi connectivity index (χ0) is 16.6. The molecule has 1 heterocycles. The highest BCUT2D eigenvalue weighted by Gasteiger charge is 2.35. The maximum absolute atomic E-state index is 13.8. The van der Waals surface area contributed by atoms with Crippen LogP contribution in [0.3, 0.4) is 0 Å². The van der Waals surface area contributed by atoms with E-state index >= 15 is 0 Å². The Balaban J connectivity index is 2.39. The van der Waals surface area contributed by atoms with Crippen LogP contribution in [0.4, 0.5) is 20.6 Å². The summed E-state index contributed by atoms with van der Waals surface area (Å²) in [4.78, 5) is 24.8. The first-order valence-electron chi connectivity index (χ1n) is 6.62. The van der Waals surface area contributed by atoms with Crippen LogP contribution >= 0.6 is 15.9 Å². The number of nitro benzene ring substituents is 1. The molecule has 7 nitrogen and oxygen atoms in total. The first-order chi connectivity index (χ1) is 10.2. The molecule has 0 bridgehead atoms. The molecule has 22 heavy (non-hydrogen) atoms. The third-order valence-electron chi connectivity index (χ3n) is 3.69. The van der Waals surface area contributed by atoms with Crippen molar-refractivity contribution in [1.29, 1.82) is 0 Å². The molecule has 1 amide bonds. The van der Waals surface area contributed by atoms with Gasteiger partial charge in [-0.15, -0.1) is 0 Å². The van der Waals surface area contributed by atoms with Crippen molar-refractivity contribution in [1.82, 2.24) is 4.90 Å². The lowest BCUT2D eigenvalue weighted by Gasteiger charge is -2.43. The van der Waals surface area contributed by atoms with Gasteiger partial charge in [-0.25, -0.2) is 9.18 Å². The summed E-state index contributed by atoms with van der Waals surface area (Å²) in [7, 11) is 0. The van der Waals surface area contributed by atoms with E-state index < -0.39 is 16.8 Å². The molecule has 0 unspecified atom stereocenters. The van der Waals surface area contributed by atoms with Crippen LogP contribution in [0.5, 0.6) is 0 Å². The maximum atomic E-state index is 13.8. The van der Waals surface area contributed by atoms with Gasteiger partial charge in [-0.3, -0.25) is 15.0 Å². The second-order valence-corrected chi connectivity index (χ2v) is 6.16. The first kappa shape index (κ1) is 16.5. The van der Waals surface area contributed by atoms with Gasteiger partial charge in [0.1, 0.15) is 11.5 Å². The van der Waals surface area contributed by atoms with E-state index in [1.807, 2.05) is 0 Å². The van der Waals surface area contributed by atoms with Crippen molar-refractivity contribution in [2.75, 3.05) is 18.0 Å². The van der Waals surface area contributed by atoms with Gasteiger partial charge in [0.25, 0.3) is 5.69 Å². The van der Waals surface area contributed by atoms with Gasteiger partial charge in [0.2, 0.25) is 0 Å². The van der Waals surface area contributed by atoms with Crippen molar-refractivity contribution in [3.63, 3.8) is 0 Å². The minimum atomic E-state index is -1.03. The Morgan fingerprint density at radius 1 is 1.41 bits per heavy atom. The van der Waals surface area contributed by atoms with Crippen LogP contribution in [0.15, 0.2) is 16.6 Å². The summed E-state index contributed by atoms with van der Waals surface area (Å²) in [6.07, 6.45) is -1.03. The number of carboxylic acid groups (broad SMARTS) is 1. The molecule has 0 saturated carbocycles. The number of hydrogen-bond acceptors (Lipinski definition) is 4. The van der Waals surface area contributed by atoms with E-state index in [0.29, 0.717) is 0 Å². The fourth-order valence-corrected chi connectivity index (χ4v) is 3.15. The fraction of sp³-hybridized carbons (Fsp3) is 0.462. The quantitative estimate of drug-likeness (QED) is 0.633. The number of carbonyl (C=O) groups is 1. The Bertz CT molecular complexity index is 616. The highest BCUT2D eigenvalue weighted by Crippen LogP contribution is 2.35. The molecule has 1 N–H and O–H groups in total. The van der Waals surface area contributed by atoms with E-state index in [4.69, 9.17) is 0 Å². The smallest absolute Gasteiger partial charge is 0.407 e. The molecule has 0 aromatic heterocycles. The minimum absolute atomic E-state index is 0.0215. The largest absolute Gasteiger partial charge is 0.465 e. The van der Waals surface area contributed by atoms with Gasteiger partial charge in [0, 0.05) is 25.2 Å². The molecule has 2 atom stereocenters. The van der Waals surface area contributed by atoms with E-state index in [2.05, 4.69) is 15.9 Å². The van der Waals surface area contributed by atoms with E-state index in [0.717, 1.165) is 12.1 Å². The summed E-state index contributed by atoms with van der Waals surface area (Å²) >= 11 is 2.94. The van der Waals surface area contributed by atoms with Crippen LogP contribution in [0.25, 0.3) is 0 Å². The molecule has 1 saturated heterocycles. The Morgan fingerprint density at radius 3 is 2.41 bits per heavy atom. The number of halogens is 2. The zero-order valence-corrected chi connectivity index (χ0v) is 13.6. The predicted molar refractivity (Wildman–Crippen MR) is 81.8 cm³/mol. The standard InChI is InChI=1S/C13H15BrFN3O4/c1-7-5-16(6-8(2)17(7)13(19)20)11-4-10(15)9(14)3-12(11)18(21)22/h3-4,7-8H,5-6H2,1-2H3,(H,19,20)/t7-,8+. The SMILES string of the molecule is C[C@@H]1CN(c2cc(F)c(Br)cc2[N+](=O)[O-])C[C@H](C)N1C(=O)O. The average Bonchev–Trinajstić information content (AvgIpc) is 2.39.